The first-order valence-electron chi connectivity index (χ1n) is 4.72. The molecule has 0 spiro atoms. The van der Waals surface area contributed by atoms with Crippen LogP contribution in [0.15, 0.2) is 24.5 Å². The number of nitrogens with zero attached hydrogens (tertiary/aromatic N) is 1. The molecule has 0 saturated heterocycles. The standard InChI is InChI=1S/C11H18N2/c1-11(2,3)6-9-13-10-4-7-12-8-5-10/h4-5,7-8H,6,9H2,1-3H3,(H,12,13). The van der Waals surface area contributed by atoms with E-state index in [0.29, 0.717) is 5.41 Å². The smallest absolute Gasteiger partial charge is 0.0371 e. The second-order valence-corrected chi connectivity index (χ2v) is 4.47. The maximum absolute atomic E-state index is 3.96. The highest BCUT2D eigenvalue weighted by Gasteiger charge is 2.08. The molecule has 0 aliphatic heterocycles. The number of aromatic nitrogens is 1. The minimum Gasteiger partial charge on any atom is -0.385 e. The quantitative estimate of drug-likeness (QED) is 0.769. The number of nitrogens with one attached hydrogen (secondary N) is 1. The molecule has 2 nitrogen and oxygen atoms in total. The highest BCUT2D eigenvalue weighted by atomic mass is 14.9. The molecule has 1 rings (SSSR count). The molecule has 0 amide bonds. The molecular weight excluding hydrogens is 160 g/mol. The molecule has 0 bridgehead atoms. The Morgan fingerprint density at radius 1 is 1.23 bits per heavy atom. The van der Waals surface area contributed by atoms with Crippen molar-refractivity contribution in [1.29, 1.82) is 0 Å². The minimum atomic E-state index is 0.403. The Hall–Kier alpha value is -1.05. The molecule has 0 aliphatic carbocycles. The zero-order valence-electron chi connectivity index (χ0n) is 8.67. The van der Waals surface area contributed by atoms with Gasteiger partial charge in [-0.2, -0.15) is 0 Å². The van der Waals surface area contributed by atoms with E-state index in [1.165, 1.54) is 6.42 Å². The monoisotopic (exact) mass is 178 g/mol. The summed E-state index contributed by atoms with van der Waals surface area (Å²) in [5.41, 5.74) is 1.55. The number of hydrogen-bond acceptors (Lipinski definition) is 2. The van der Waals surface area contributed by atoms with Crippen molar-refractivity contribution in [2.45, 2.75) is 27.2 Å². The first kappa shape index (κ1) is 10.0. The van der Waals surface area contributed by atoms with E-state index in [0.717, 1.165) is 12.2 Å². The lowest BCUT2D eigenvalue weighted by Crippen LogP contribution is -2.12. The van der Waals surface area contributed by atoms with Gasteiger partial charge in [-0.1, -0.05) is 20.8 Å². The molecule has 0 atom stereocenters. The first-order chi connectivity index (χ1) is 6.08. The zero-order chi connectivity index (χ0) is 9.73. The topological polar surface area (TPSA) is 24.9 Å². The van der Waals surface area contributed by atoms with Gasteiger partial charge in [0.2, 0.25) is 0 Å². The van der Waals surface area contributed by atoms with Crippen molar-refractivity contribution in [1.82, 2.24) is 4.98 Å². The molecule has 1 aromatic rings. The fourth-order valence-electron chi connectivity index (χ4n) is 1.05. The molecule has 1 aromatic heterocycles. The van der Waals surface area contributed by atoms with E-state index >= 15 is 0 Å². The second-order valence-electron chi connectivity index (χ2n) is 4.47. The van der Waals surface area contributed by atoms with Crippen molar-refractivity contribution in [2.75, 3.05) is 11.9 Å². The SMILES string of the molecule is CC(C)(C)CCNc1ccncc1. The lowest BCUT2D eigenvalue weighted by Gasteiger charge is -2.18. The van der Waals surface area contributed by atoms with Crippen molar-refractivity contribution >= 4 is 5.69 Å². The lowest BCUT2D eigenvalue weighted by atomic mass is 9.92. The summed E-state index contributed by atoms with van der Waals surface area (Å²) in [7, 11) is 0. The maximum Gasteiger partial charge on any atom is 0.0371 e. The van der Waals surface area contributed by atoms with Crippen molar-refractivity contribution in [3.63, 3.8) is 0 Å². The predicted octanol–water partition coefficient (Wildman–Crippen LogP) is 2.93. The Labute approximate surface area is 80.4 Å². The van der Waals surface area contributed by atoms with E-state index in [-0.39, 0.29) is 0 Å². The number of hydrogen-bond donors (Lipinski definition) is 1. The van der Waals surface area contributed by atoms with Crippen LogP contribution >= 0.6 is 0 Å². The molecule has 1 heterocycles. The first-order valence-corrected chi connectivity index (χ1v) is 4.72. The molecule has 0 aromatic carbocycles. The highest BCUT2D eigenvalue weighted by molar-refractivity contribution is 5.40. The number of rotatable bonds is 3. The van der Waals surface area contributed by atoms with E-state index < -0.39 is 0 Å². The van der Waals surface area contributed by atoms with Gasteiger partial charge in [0.25, 0.3) is 0 Å². The van der Waals surface area contributed by atoms with Crippen LogP contribution in [-0.2, 0) is 0 Å². The van der Waals surface area contributed by atoms with Gasteiger partial charge in [-0.15, -0.1) is 0 Å². The van der Waals surface area contributed by atoms with E-state index in [1.54, 1.807) is 12.4 Å². The van der Waals surface area contributed by atoms with Gasteiger partial charge in [0.05, 0.1) is 0 Å². The third kappa shape index (κ3) is 4.51. The molecule has 0 radical (unpaired) electrons. The Kier molecular flexibility index (Phi) is 3.29. The zero-order valence-corrected chi connectivity index (χ0v) is 8.67. The second kappa shape index (κ2) is 4.26. The van der Waals surface area contributed by atoms with Crippen molar-refractivity contribution in [2.24, 2.45) is 5.41 Å². The summed E-state index contributed by atoms with van der Waals surface area (Å²) < 4.78 is 0. The number of anilines is 1. The molecule has 72 valence electrons. The molecule has 2 heteroatoms. The normalized spacial score (nSPS) is 11.3. The Morgan fingerprint density at radius 3 is 2.38 bits per heavy atom. The van der Waals surface area contributed by atoms with Gasteiger partial charge in [-0.3, -0.25) is 4.98 Å². The van der Waals surface area contributed by atoms with Gasteiger partial charge in [0, 0.05) is 24.6 Å². The van der Waals surface area contributed by atoms with Crippen LogP contribution in [0.1, 0.15) is 27.2 Å². The Morgan fingerprint density at radius 2 is 1.85 bits per heavy atom. The molecular formula is C11H18N2. The molecule has 13 heavy (non-hydrogen) atoms. The van der Waals surface area contributed by atoms with Crippen molar-refractivity contribution in [3.05, 3.63) is 24.5 Å². The molecule has 0 saturated carbocycles. The predicted molar refractivity (Wildman–Crippen MR) is 56.8 cm³/mol. The van der Waals surface area contributed by atoms with Gasteiger partial charge in [0.1, 0.15) is 0 Å². The molecule has 0 fully saturated rings. The molecule has 0 unspecified atom stereocenters. The minimum absolute atomic E-state index is 0.403. The largest absolute Gasteiger partial charge is 0.385 e. The van der Waals surface area contributed by atoms with Crippen molar-refractivity contribution < 1.29 is 0 Å². The highest BCUT2D eigenvalue weighted by Crippen LogP contribution is 2.18. The van der Waals surface area contributed by atoms with Crippen molar-refractivity contribution in [3.8, 4) is 0 Å². The van der Waals surface area contributed by atoms with Crippen LogP contribution in [0.25, 0.3) is 0 Å². The van der Waals surface area contributed by atoms with Crippen LogP contribution in [0.3, 0.4) is 0 Å². The third-order valence-corrected chi connectivity index (χ3v) is 1.88. The van der Waals surface area contributed by atoms with Gasteiger partial charge in [-0.25, -0.2) is 0 Å². The summed E-state index contributed by atoms with van der Waals surface area (Å²) in [4.78, 5) is 3.96. The van der Waals surface area contributed by atoms with Crippen LogP contribution in [0, 0.1) is 5.41 Å². The Balaban J connectivity index is 2.29. The van der Waals surface area contributed by atoms with E-state index in [4.69, 9.17) is 0 Å². The average Bonchev–Trinajstić information content (AvgIpc) is 2.04. The Bertz CT molecular complexity index is 236. The van der Waals surface area contributed by atoms with Crippen LogP contribution in [0.2, 0.25) is 0 Å². The maximum atomic E-state index is 3.96. The van der Waals surface area contributed by atoms with E-state index in [9.17, 15) is 0 Å². The summed E-state index contributed by atoms with van der Waals surface area (Å²) >= 11 is 0. The fraction of sp³-hybridized carbons (Fsp3) is 0.545. The van der Waals surface area contributed by atoms with Crippen LogP contribution in [0.5, 0.6) is 0 Å². The third-order valence-electron chi connectivity index (χ3n) is 1.88. The average molecular weight is 178 g/mol. The summed E-state index contributed by atoms with van der Waals surface area (Å²) in [5, 5.41) is 3.36. The fourth-order valence-corrected chi connectivity index (χ4v) is 1.05. The lowest BCUT2D eigenvalue weighted by molar-refractivity contribution is 0.390. The summed E-state index contributed by atoms with van der Waals surface area (Å²) in [6.45, 7) is 7.78. The van der Waals surface area contributed by atoms with Gasteiger partial charge >= 0.3 is 0 Å². The summed E-state index contributed by atoms with van der Waals surface area (Å²) in [6, 6.07) is 3.98. The van der Waals surface area contributed by atoms with Gasteiger partial charge in [0.15, 0.2) is 0 Å². The molecule has 0 aliphatic rings. The summed E-state index contributed by atoms with van der Waals surface area (Å²) in [6.07, 6.45) is 4.79. The van der Waals surface area contributed by atoms with E-state index in [1.807, 2.05) is 12.1 Å². The summed E-state index contributed by atoms with van der Waals surface area (Å²) in [5.74, 6) is 0. The van der Waals surface area contributed by atoms with Gasteiger partial charge in [-0.05, 0) is 24.0 Å². The number of pyridine rings is 1. The van der Waals surface area contributed by atoms with E-state index in [2.05, 4.69) is 31.1 Å². The van der Waals surface area contributed by atoms with Crippen LogP contribution in [0.4, 0.5) is 5.69 Å². The van der Waals surface area contributed by atoms with Gasteiger partial charge < -0.3 is 5.32 Å². The van der Waals surface area contributed by atoms with Crippen LogP contribution < -0.4 is 5.32 Å². The van der Waals surface area contributed by atoms with Crippen LogP contribution in [-0.4, -0.2) is 11.5 Å². The molecule has 1 N–H and O–H groups in total.